The van der Waals surface area contributed by atoms with Crippen LogP contribution in [-0.4, -0.2) is 62.6 Å². The van der Waals surface area contributed by atoms with Gasteiger partial charge in [0.05, 0.1) is 7.11 Å². The molecule has 8 heteroatoms. The number of pyridine rings is 1. The van der Waals surface area contributed by atoms with Crippen molar-refractivity contribution >= 4 is 22.6 Å². The molecule has 2 atom stereocenters. The third kappa shape index (κ3) is 3.55. The van der Waals surface area contributed by atoms with Crippen LogP contribution in [0.4, 0.5) is 5.69 Å². The molecule has 0 aliphatic carbocycles. The highest BCUT2D eigenvalue weighted by atomic mass is 16.5. The van der Waals surface area contributed by atoms with Gasteiger partial charge in [0.25, 0.3) is 0 Å². The van der Waals surface area contributed by atoms with Gasteiger partial charge in [-0.2, -0.15) is 0 Å². The van der Waals surface area contributed by atoms with Gasteiger partial charge in [-0.3, -0.25) is 4.79 Å². The summed E-state index contributed by atoms with van der Waals surface area (Å²) < 4.78 is 7.07. The second kappa shape index (κ2) is 8.44. The minimum Gasteiger partial charge on any atom is -0.467 e. The van der Waals surface area contributed by atoms with Crippen molar-refractivity contribution in [3.05, 3.63) is 67.3 Å². The number of para-hydroxylation sites is 1. The van der Waals surface area contributed by atoms with Crippen molar-refractivity contribution in [1.29, 1.82) is 0 Å². The first-order chi connectivity index (χ1) is 16.7. The molecular weight excluding hydrogens is 428 g/mol. The topological polar surface area (TPSA) is 76.4 Å². The van der Waals surface area contributed by atoms with E-state index < -0.39 is 0 Å². The number of hydrogen-bond acceptors (Lipinski definition) is 6. The predicted octanol–water partition coefficient (Wildman–Crippen LogP) is 3.38. The zero-order valence-electron chi connectivity index (χ0n) is 19.0. The van der Waals surface area contributed by atoms with Crippen molar-refractivity contribution < 1.29 is 9.53 Å². The van der Waals surface area contributed by atoms with E-state index in [0.29, 0.717) is 12.6 Å². The second-order valence-electron chi connectivity index (χ2n) is 8.93. The molecule has 5 heterocycles. The van der Waals surface area contributed by atoms with Gasteiger partial charge >= 0.3 is 6.01 Å². The van der Waals surface area contributed by atoms with Crippen LogP contribution in [0.25, 0.3) is 22.2 Å². The summed E-state index contributed by atoms with van der Waals surface area (Å²) in [6.45, 7) is 1.97. The number of rotatable bonds is 5. The minimum absolute atomic E-state index is 0.173. The number of carbonyl (C=O) groups excluding carboxylic acids is 1. The highest BCUT2D eigenvalue weighted by Gasteiger charge is 2.42. The molecule has 2 saturated heterocycles. The van der Waals surface area contributed by atoms with Crippen LogP contribution in [-0.2, 0) is 11.3 Å². The average molecular weight is 455 g/mol. The summed E-state index contributed by atoms with van der Waals surface area (Å²) >= 11 is 0. The van der Waals surface area contributed by atoms with Crippen molar-refractivity contribution in [3.63, 3.8) is 0 Å². The molecule has 2 bridgehead atoms. The molecule has 6 rings (SSSR count). The van der Waals surface area contributed by atoms with E-state index in [2.05, 4.69) is 43.0 Å². The Bertz CT molecular complexity index is 1320. The first-order valence-electron chi connectivity index (χ1n) is 11.6. The van der Waals surface area contributed by atoms with Gasteiger partial charge in [0.1, 0.15) is 12.2 Å². The third-order valence-corrected chi connectivity index (χ3v) is 6.97. The molecule has 8 nitrogen and oxygen atoms in total. The molecule has 1 aromatic carbocycles. The maximum Gasteiger partial charge on any atom is 0.316 e. The molecule has 4 aromatic rings. The number of methoxy groups -OCH3 is 1. The lowest BCUT2D eigenvalue weighted by Crippen LogP contribution is -2.56. The Kier molecular flexibility index (Phi) is 5.13. The van der Waals surface area contributed by atoms with E-state index >= 15 is 0 Å². The number of aromatic nitrogens is 4. The summed E-state index contributed by atoms with van der Waals surface area (Å²) in [6.07, 6.45) is 9.40. The molecule has 172 valence electrons. The molecule has 1 amide bonds. The fourth-order valence-electron chi connectivity index (χ4n) is 5.44. The fraction of sp³-hybridized carbons (Fsp3) is 0.308. The maximum absolute atomic E-state index is 13.4. The summed E-state index contributed by atoms with van der Waals surface area (Å²) in [5, 5.41) is 1.06. The van der Waals surface area contributed by atoms with Crippen LogP contribution in [0.5, 0.6) is 6.01 Å². The predicted molar refractivity (Wildman–Crippen MR) is 130 cm³/mol. The van der Waals surface area contributed by atoms with E-state index in [-0.39, 0.29) is 18.0 Å². The van der Waals surface area contributed by atoms with Crippen LogP contribution in [0.15, 0.2) is 67.3 Å². The molecule has 0 saturated carbocycles. The number of carbonyl (C=O) groups is 1. The molecule has 2 unspecified atom stereocenters. The maximum atomic E-state index is 13.4. The Morgan fingerprint density at radius 1 is 1.00 bits per heavy atom. The Labute approximate surface area is 197 Å². The molecule has 0 radical (unpaired) electrons. The number of piperazine rings is 1. The lowest BCUT2D eigenvalue weighted by atomic mass is 10.0. The number of nitrogens with zero attached hydrogens (tertiary/aromatic N) is 6. The minimum atomic E-state index is 0.173. The zero-order valence-corrected chi connectivity index (χ0v) is 19.0. The molecule has 34 heavy (non-hydrogen) atoms. The smallest absolute Gasteiger partial charge is 0.316 e. The van der Waals surface area contributed by atoms with Gasteiger partial charge in [-0.05, 0) is 37.1 Å². The van der Waals surface area contributed by atoms with Crippen molar-refractivity contribution in [2.45, 2.75) is 31.5 Å². The van der Waals surface area contributed by atoms with E-state index in [1.807, 2.05) is 35.0 Å². The number of ether oxygens (including phenoxy) is 1. The first kappa shape index (κ1) is 20.7. The lowest BCUT2D eigenvalue weighted by molar-refractivity contribution is -0.135. The summed E-state index contributed by atoms with van der Waals surface area (Å²) in [6, 6.07) is 15.1. The summed E-state index contributed by atoms with van der Waals surface area (Å²) in [4.78, 5) is 31.0. The van der Waals surface area contributed by atoms with Gasteiger partial charge in [0.2, 0.25) is 5.91 Å². The van der Waals surface area contributed by atoms with Crippen LogP contribution in [0.2, 0.25) is 0 Å². The quantitative estimate of drug-likeness (QED) is 0.460. The Hall–Kier alpha value is -3.94. The van der Waals surface area contributed by atoms with E-state index in [4.69, 9.17) is 4.74 Å². The largest absolute Gasteiger partial charge is 0.467 e. The van der Waals surface area contributed by atoms with Crippen molar-refractivity contribution in [1.82, 2.24) is 24.4 Å². The van der Waals surface area contributed by atoms with Crippen molar-refractivity contribution in [2.75, 3.05) is 25.1 Å². The molecule has 3 aromatic heterocycles. The van der Waals surface area contributed by atoms with E-state index in [0.717, 1.165) is 53.8 Å². The van der Waals surface area contributed by atoms with Crippen LogP contribution < -0.4 is 9.64 Å². The number of fused-ring (bicyclic) bond motifs is 3. The summed E-state index contributed by atoms with van der Waals surface area (Å²) in [5.74, 6) is 0.173. The van der Waals surface area contributed by atoms with E-state index in [1.54, 1.807) is 25.7 Å². The highest BCUT2D eigenvalue weighted by Crippen LogP contribution is 2.37. The zero-order chi connectivity index (χ0) is 23.1. The number of amides is 1. The molecule has 0 spiro atoms. The van der Waals surface area contributed by atoms with Crippen LogP contribution in [0.3, 0.4) is 0 Å². The second-order valence-corrected chi connectivity index (χ2v) is 8.93. The molecule has 2 aliphatic heterocycles. The third-order valence-electron chi connectivity index (χ3n) is 6.97. The van der Waals surface area contributed by atoms with Gasteiger partial charge in [-0.25, -0.2) is 15.0 Å². The SMILES string of the molecule is COc1ncc(-c2ccccc2N2CC3CCC(C2)N3C(=O)Cn2ccc3cccnc32)cn1. The van der Waals surface area contributed by atoms with E-state index in [9.17, 15) is 4.79 Å². The Morgan fingerprint density at radius 2 is 1.76 bits per heavy atom. The standard InChI is InChI=1S/C26H26N6O2/c1-34-26-28-13-19(14-29-26)22-6-2-3-7-23(22)31-15-20-8-9-21(16-31)32(20)24(33)17-30-12-10-18-5-4-11-27-25(18)30/h2-7,10-14,20-21H,8-9,15-17H2,1H3. The van der Waals surface area contributed by atoms with Gasteiger partial charge in [-0.15, -0.1) is 0 Å². The summed E-state index contributed by atoms with van der Waals surface area (Å²) in [7, 11) is 1.56. The van der Waals surface area contributed by atoms with Crippen LogP contribution in [0.1, 0.15) is 12.8 Å². The van der Waals surface area contributed by atoms with Gasteiger partial charge in [0, 0.05) is 72.2 Å². The van der Waals surface area contributed by atoms with Gasteiger partial charge < -0.3 is 19.1 Å². The highest BCUT2D eigenvalue weighted by molar-refractivity contribution is 5.82. The summed E-state index contributed by atoms with van der Waals surface area (Å²) in [5.41, 5.74) is 4.06. The Morgan fingerprint density at radius 3 is 2.53 bits per heavy atom. The van der Waals surface area contributed by atoms with Crippen LogP contribution in [0, 0.1) is 0 Å². The molecule has 2 fully saturated rings. The number of benzene rings is 1. The first-order valence-corrected chi connectivity index (χ1v) is 11.6. The average Bonchev–Trinajstić information content (AvgIpc) is 3.41. The molecule has 0 N–H and O–H groups in total. The number of hydrogen-bond donors (Lipinski definition) is 0. The fourth-order valence-corrected chi connectivity index (χ4v) is 5.44. The monoisotopic (exact) mass is 454 g/mol. The van der Waals surface area contributed by atoms with E-state index in [1.165, 1.54) is 0 Å². The molecule has 2 aliphatic rings. The lowest BCUT2D eigenvalue weighted by Gasteiger charge is -2.42. The normalized spacial score (nSPS) is 19.6. The van der Waals surface area contributed by atoms with Crippen LogP contribution >= 0.6 is 0 Å². The van der Waals surface area contributed by atoms with Crippen molar-refractivity contribution in [3.8, 4) is 17.1 Å². The van der Waals surface area contributed by atoms with Gasteiger partial charge in [0.15, 0.2) is 0 Å². The van der Waals surface area contributed by atoms with Crippen molar-refractivity contribution in [2.24, 2.45) is 0 Å². The molecular formula is C26H26N6O2. The Balaban J connectivity index is 1.22. The van der Waals surface area contributed by atoms with Gasteiger partial charge in [-0.1, -0.05) is 18.2 Å². The number of anilines is 1.